The molecule has 16 heteroatoms. The fraction of sp³-hybridized carbons (Fsp3) is 0.652. The van der Waals surface area contributed by atoms with Crippen molar-refractivity contribution in [2.75, 3.05) is 53.6 Å². The van der Waals surface area contributed by atoms with Crippen LogP contribution in [0, 0.1) is 11.3 Å². The van der Waals surface area contributed by atoms with Gasteiger partial charge in [0, 0.05) is 37.9 Å². The van der Waals surface area contributed by atoms with Crippen molar-refractivity contribution >= 4 is 17.8 Å². The molecule has 1 spiro atoms. The number of pyridine rings is 1. The number of hydrogen-bond acceptors (Lipinski definition) is 7. The smallest absolute Gasteiger partial charge is 0.477 e. The van der Waals surface area contributed by atoms with E-state index in [0.29, 0.717) is 24.9 Å². The molecule has 1 aromatic heterocycles. The molecule has 2 aliphatic heterocycles. The molecule has 1 unspecified atom stereocenters. The summed E-state index contributed by atoms with van der Waals surface area (Å²) in [6.07, 6.45) is -5.30. The van der Waals surface area contributed by atoms with Crippen molar-refractivity contribution in [2.45, 2.75) is 31.6 Å². The molecule has 39 heavy (non-hydrogen) atoms. The highest BCUT2D eigenvalue weighted by Gasteiger charge is 2.44. The molecule has 222 valence electrons. The molecule has 2 fully saturated rings. The van der Waals surface area contributed by atoms with Gasteiger partial charge in [0.25, 0.3) is 0 Å². The van der Waals surface area contributed by atoms with Crippen molar-refractivity contribution in [1.29, 1.82) is 0 Å². The third kappa shape index (κ3) is 12.1. The van der Waals surface area contributed by atoms with E-state index >= 15 is 0 Å². The molecule has 10 nitrogen and oxygen atoms in total. The summed E-state index contributed by atoms with van der Waals surface area (Å²) in [5, 5.41) is 14.2. The molecular formula is C23H31F6N3O7. The first kappa shape index (κ1) is 33.9. The average molecular weight is 576 g/mol. The molecule has 2 N–H and O–H groups in total. The fourth-order valence-electron chi connectivity index (χ4n) is 3.96. The second kappa shape index (κ2) is 14.9. The Morgan fingerprint density at radius 1 is 1.05 bits per heavy atom. The number of alkyl halides is 6. The second-order valence-corrected chi connectivity index (χ2v) is 9.09. The summed E-state index contributed by atoms with van der Waals surface area (Å²) >= 11 is 0. The minimum absolute atomic E-state index is 0.224. The van der Waals surface area contributed by atoms with Gasteiger partial charge in [0.1, 0.15) is 0 Å². The molecule has 3 rings (SSSR count). The zero-order valence-corrected chi connectivity index (χ0v) is 21.3. The van der Waals surface area contributed by atoms with E-state index in [1.54, 1.807) is 6.20 Å². The van der Waals surface area contributed by atoms with Crippen LogP contribution in [0.15, 0.2) is 24.4 Å². The van der Waals surface area contributed by atoms with Crippen molar-refractivity contribution in [3.05, 3.63) is 24.4 Å². The van der Waals surface area contributed by atoms with Gasteiger partial charge < -0.3 is 29.5 Å². The van der Waals surface area contributed by atoms with Crippen LogP contribution in [0.25, 0.3) is 0 Å². The summed E-state index contributed by atoms with van der Waals surface area (Å²) in [5.41, 5.74) is 0.224. The van der Waals surface area contributed by atoms with Gasteiger partial charge >= 0.3 is 24.3 Å². The van der Waals surface area contributed by atoms with Crippen LogP contribution in [-0.2, 0) is 19.1 Å². The van der Waals surface area contributed by atoms with E-state index in [4.69, 9.17) is 29.3 Å². The summed E-state index contributed by atoms with van der Waals surface area (Å²) < 4.78 is 75.1. The summed E-state index contributed by atoms with van der Waals surface area (Å²) in [6.45, 7) is 4.34. The van der Waals surface area contributed by atoms with E-state index in [1.165, 1.54) is 0 Å². The third-order valence-corrected chi connectivity index (χ3v) is 6.05. The number of amides is 1. The molecule has 0 bridgehead atoms. The number of carboxylic acids is 2. The normalized spacial score (nSPS) is 18.8. The third-order valence-electron chi connectivity index (χ3n) is 6.05. The van der Waals surface area contributed by atoms with Gasteiger partial charge in [0.15, 0.2) is 0 Å². The lowest BCUT2D eigenvalue weighted by Gasteiger charge is -2.48. The number of piperidine rings is 1. The summed E-state index contributed by atoms with van der Waals surface area (Å²) in [6, 6.07) is 5.71. The van der Waals surface area contributed by atoms with E-state index in [-0.39, 0.29) is 11.3 Å². The van der Waals surface area contributed by atoms with Crippen molar-refractivity contribution in [3.63, 3.8) is 0 Å². The maximum Gasteiger partial charge on any atom is 0.490 e. The standard InChI is InChI=1S/C19H29N3O3.2C2HF3O2/c1-21(2)13-18(23)22-10-6-19(7-11-22)8-12-24-14-16(19)15-25-17-5-3-4-9-20-17;2*3-2(4,5)1(6)7/h3-5,9,16H,6-8,10-15H2,1-2H3;2*(H,6,7). The van der Waals surface area contributed by atoms with Crippen molar-refractivity contribution in [1.82, 2.24) is 14.8 Å². The number of carboxylic acid groups (broad SMARTS) is 2. The highest BCUT2D eigenvalue weighted by atomic mass is 19.4. The van der Waals surface area contributed by atoms with Crippen LogP contribution in [0.4, 0.5) is 26.3 Å². The van der Waals surface area contributed by atoms with Gasteiger partial charge in [-0.1, -0.05) is 6.07 Å². The number of carbonyl (C=O) groups is 3. The maximum absolute atomic E-state index is 12.3. The predicted octanol–water partition coefficient (Wildman–Crippen LogP) is 2.93. The lowest BCUT2D eigenvalue weighted by atomic mass is 9.66. The highest BCUT2D eigenvalue weighted by molar-refractivity contribution is 5.78. The van der Waals surface area contributed by atoms with Gasteiger partial charge in [-0.25, -0.2) is 14.6 Å². The fourth-order valence-corrected chi connectivity index (χ4v) is 3.96. The predicted molar refractivity (Wildman–Crippen MR) is 123 cm³/mol. The number of aliphatic carboxylic acids is 2. The van der Waals surface area contributed by atoms with E-state index in [0.717, 1.165) is 45.6 Å². The first-order valence-electron chi connectivity index (χ1n) is 11.6. The van der Waals surface area contributed by atoms with Crippen LogP contribution >= 0.6 is 0 Å². The van der Waals surface area contributed by atoms with Crippen LogP contribution in [0.1, 0.15) is 19.3 Å². The van der Waals surface area contributed by atoms with Crippen LogP contribution in [-0.4, -0.2) is 109 Å². The number of halogens is 6. The zero-order chi connectivity index (χ0) is 29.9. The topological polar surface area (TPSA) is 130 Å². The molecule has 2 aliphatic rings. The Balaban J connectivity index is 0.000000449. The van der Waals surface area contributed by atoms with E-state index in [1.807, 2.05) is 42.1 Å². The number of likely N-dealkylation sites (N-methyl/N-ethyl adjacent to an activating group) is 1. The quantitative estimate of drug-likeness (QED) is 0.509. The van der Waals surface area contributed by atoms with Gasteiger partial charge in [-0.2, -0.15) is 26.3 Å². The van der Waals surface area contributed by atoms with E-state index in [9.17, 15) is 31.1 Å². The van der Waals surface area contributed by atoms with Crippen LogP contribution in [0.2, 0.25) is 0 Å². The molecule has 2 saturated heterocycles. The summed E-state index contributed by atoms with van der Waals surface area (Å²) in [7, 11) is 3.87. The second-order valence-electron chi connectivity index (χ2n) is 9.09. The minimum Gasteiger partial charge on any atom is -0.477 e. The highest BCUT2D eigenvalue weighted by Crippen LogP contribution is 2.44. The molecule has 0 aliphatic carbocycles. The van der Waals surface area contributed by atoms with Gasteiger partial charge in [-0.05, 0) is 44.8 Å². The average Bonchev–Trinajstić information content (AvgIpc) is 2.84. The van der Waals surface area contributed by atoms with Gasteiger partial charge in [0.2, 0.25) is 11.8 Å². The van der Waals surface area contributed by atoms with Crippen molar-refractivity contribution < 1.29 is 60.4 Å². The number of hydrogen-bond donors (Lipinski definition) is 2. The lowest BCUT2D eigenvalue weighted by Crippen LogP contribution is -2.52. The first-order chi connectivity index (χ1) is 18.0. The number of ether oxygens (including phenoxy) is 2. The SMILES string of the molecule is CN(C)CC(=O)N1CCC2(CCOCC2COc2ccccn2)CC1.O=C(O)C(F)(F)F.O=C(O)C(F)(F)F. The Morgan fingerprint density at radius 2 is 1.59 bits per heavy atom. The Hall–Kier alpha value is -3.14. The molecule has 0 aromatic carbocycles. The van der Waals surface area contributed by atoms with Gasteiger partial charge in [-0.15, -0.1) is 0 Å². The number of aromatic nitrogens is 1. The number of likely N-dealkylation sites (tertiary alicyclic amines) is 1. The zero-order valence-electron chi connectivity index (χ0n) is 21.3. The largest absolute Gasteiger partial charge is 0.490 e. The first-order valence-corrected chi connectivity index (χ1v) is 11.6. The molecule has 3 heterocycles. The van der Waals surface area contributed by atoms with E-state index in [2.05, 4.69) is 4.98 Å². The monoisotopic (exact) mass is 575 g/mol. The number of nitrogens with zero attached hydrogens (tertiary/aromatic N) is 3. The Labute approximate surface area is 220 Å². The maximum atomic E-state index is 12.3. The number of carbonyl (C=O) groups excluding carboxylic acids is 1. The van der Waals surface area contributed by atoms with Gasteiger partial charge in [0.05, 0.1) is 19.8 Å². The summed E-state index contributed by atoms with van der Waals surface area (Å²) in [4.78, 5) is 38.3. The number of rotatable bonds is 5. The molecule has 0 radical (unpaired) electrons. The van der Waals surface area contributed by atoms with Crippen LogP contribution < -0.4 is 4.74 Å². The Bertz CT molecular complexity index is 897. The molecule has 1 aromatic rings. The van der Waals surface area contributed by atoms with Crippen molar-refractivity contribution in [2.24, 2.45) is 11.3 Å². The van der Waals surface area contributed by atoms with Crippen molar-refractivity contribution in [3.8, 4) is 5.88 Å². The Kier molecular flexibility index (Phi) is 12.9. The van der Waals surface area contributed by atoms with Crippen LogP contribution in [0.5, 0.6) is 5.88 Å². The molecular weight excluding hydrogens is 544 g/mol. The molecule has 1 amide bonds. The van der Waals surface area contributed by atoms with Gasteiger partial charge in [-0.3, -0.25) is 4.79 Å². The minimum atomic E-state index is -5.08. The molecule has 1 atom stereocenters. The lowest BCUT2D eigenvalue weighted by molar-refractivity contribution is -0.193. The Morgan fingerprint density at radius 3 is 2.03 bits per heavy atom. The van der Waals surface area contributed by atoms with E-state index < -0.39 is 24.3 Å². The van der Waals surface area contributed by atoms with Crippen LogP contribution in [0.3, 0.4) is 0 Å². The summed E-state index contributed by atoms with van der Waals surface area (Å²) in [5.74, 6) is -4.26. The molecule has 0 saturated carbocycles.